The van der Waals surface area contributed by atoms with Crippen LogP contribution in [0.25, 0.3) is 0 Å². The van der Waals surface area contributed by atoms with Gasteiger partial charge in [0.2, 0.25) is 0 Å². The zero-order valence-electron chi connectivity index (χ0n) is 21.8. The van der Waals surface area contributed by atoms with E-state index in [1.807, 2.05) is 4.90 Å². The van der Waals surface area contributed by atoms with Crippen molar-refractivity contribution in [1.82, 2.24) is 4.90 Å². The molecule has 1 amide bonds. The number of carbonyl (C=O) groups excluding carboxylic acids is 1. The number of benzene rings is 2. The molecule has 7 rings (SSSR count). The van der Waals surface area contributed by atoms with E-state index in [1.54, 1.807) is 0 Å². The van der Waals surface area contributed by atoms with Crippen molar-refractivity contribution in [3.8, 4) is 18.1 Å². The van der Waals surface area contributed by atoms with Crippen LogP contribution < -0.4 is 4.74 Å². The maximum Gasteiger partial charge on any atom is 0.299 e. The van der Waals surface area contributed by atoms with E-state index in [2.05, 4.69) is 62.2 Å². The Morgan fingerprint density at radius 1 is 1.06 bits per heavy atom. The molecule has 0 unspecified atom stereocenters. The number of rotatable bonds is 6. The summed E-state index contributed by atoms with van der Waals surface area (Å²) < 4.78 is 6.80. The molecule has 2 aromatic rings. The molecular weight excluding hydrogens is 442 g/mol. The predicted octanol–water partition coefficient (Wildman–Crippen LogP) is 7.01. The Bertz CT molecular complexity index is 1140. The van der Waals surface area contributed by atoms with E-state index in [0.717, 1.165) is 54.7 Å². The highest BCUT2D eigenvalue weighted by Gasteiger charge is 2.52. The topological polar surface area (TPSA) is 29.5 Å². The van der Waals surface area contributed by atoms with Crippen molar-refractivity contribution in [2.45, 2.75) is 95.7 Å². The average molecular weight is 482 g/mol. The fourth-order valence-electron chi connectivity index (χ4n) is 8.37. The molecule has 36 heavy (non-hydrogen) atoms. The summed E-state index contributed by atoms with van der Waals surface area (Å²) in [6.45, 7) is 4.32. The molecule has 4 bridgehead atoms. The van der Waals surface area contributed by atoms with E-state index in [9.17, 15) is 4.79 Å². The molecule has 1 heterocycles. The zero-order valence-corrected chi connectivity index (χ0v) is 21.8. The van der Waals surface area contributed by atoms with Crippen molar-refractivity contribution in [2.24, 2.45) is 17.8 Å². The quantitative estimate of drug-likeness (QED) is 0.415. The van der Waals surface area contributed by atoms with Crippen LogP contribution in [0.15, 0.2) is 42.5 Å². The number of hydrogen-bond donors (Lipinski definition) is 0. The fraction of sp³-hybridized carbons (Fsp3) is 0.545. The third kappa shape index (κ3) is 4.23. The fourth-order valence-corrected chi connectivity index (χ4v) is 8.37. The molecule has 0 radical (unpaired) electrons. The first-order chi connectivity index (χ1) is 17.5. The standard InChI is InChI=1S/C33H39NO2/c1-4-6-7-28-18-27-9-8-22(3)14-30(27)32(34(28)31(35)5-2)26-10-12-29(13-11-26)36-33-19-23-15-24(20-33)17-25(16-23)21-33/h2,8-14,23-25,28,32H,4,6-7,15-21H2,1,3H3/t23?,24?,25?,28-,32-,33?/m0/s1. The summed E-state index contributed by atoms with van der Waals surface area (Å²) in [7, 11) is 0. The lowest BCUT2D eigenvalue weighted by molar-refractivity contribution is -0.130. The number of hydrogen-bond acceptors (Lipinski definition) is 2. The molecule has 2 atom stereocenters. The number of unbranched alkanes of at least 4 members (excludes halogenated alkanes) is 1. The second-order valence-corrected chi connectivity index (χ2v) is 12.2. The minimum absolute atomic E-state index is 0.0432. The maximum atomic E-state index is 13.2. The monoisotopic (exact) mass is 481 g/mol. The molecule has 0 saturated heterocycles. The lowest BCUT2D eigenvalue weighted by Crippen LogP contribution is -2.53. The molecule has 4 saturated carbocycles. The van der Waals surface area contributed by atoms with Crippen LogP contribution in [-0.4, -0.2) is 22.4 Å². The highest BCUT2D eigenvalue weighted by molar-refractivity contribution is 5.94. The molecule has 188 valence electrons. The normalized spacial score (nSPS) is 32.1. The van der Waals surface area contributed by atoms with Gasteiger partial charge >= 0.3 is 0 Å². The van der Waals surface area contributed by atoms with E-state index in [0.29, 0.717) is 0 Å². The van der Waals surface area contributed by atoms with E-state index in [4.69, 9.17) is 11.2 Å². The second-order valence-electron chi connectivity index (χ2n) is 12.2. The van der Waals surface area contributed by atoms with Crippen LogP contribution in [0.3, 0.4) is 0 Å². The molecule has 0 spiro atoms. The van der Waals surface area contributed by atoms with Crippen molar-refractivity contribution in [1.29, 1.82) is 0 Å². The van der Waals surface area contributed by atoms with Crippen LogP contribution >= 0.6 is 0 Å². The molecule has 3 heteroatoms. The summed E-state index contributed by atoms with van der Waals surface area (Å²) in [6.07, 6.45) is 17.7. The lowest BCUT2D eigenvalue weighted by atomic mass is 9.54. The molecule has 2 aromatic carbocycles. The Morgan fingerprint density at radius 2 is 1.72 bits per heavy atom. The average Bonchev–Trinajstić information content (AvgIpc) is 2.85. The number of aryl methyl sites for hydroxylation is 1. The molecule has 4 aliphatic carbocycles. The second kappa shape index (κ2) is 9.29. The number of nitrogens with zero attached hydrogens (tertiary/aromatic N) is 1. The lowest BCUT2D eigenvalue weighted by Gasteiger charge is -2.56. The first-order valence-electron chi connectivity index (χ1n) is 14.1. The van der Waals surface area contributed by atoms with Gasteiger partial charge < -0.3 is 9.64 Å². The molecule has 1 aliphatic heterocycles. The van der Waals surface area contributed by atoms with Gasteiger partial charge in [-0.15, -0.1) is 6.42 Å². The van der Waals surface area contributed by atoms with Crippen LogP contribution in [0.5, 0.6) is 5.75 Å². The van der Waals surface area contributed by atoms with Gasteiger partial charge in [-0.2, -0.15) is 0 Å². The number of amides is 1. The third-order valence-electron chi connectivity index (χ3n) is 9.48. The summed E-state index contributed by atoms with van der Waals surface area (Å²) in [4.78, 5) is 15.2. The molecule has 4 fully saturated rings. The van der Waals surface area contributed by atoms with Gasteiger partial charge in [-0.25, -0.2) is 0 Å². The number of carbonyl (C=O) groups is 1. The Labute approximate surface area is 216 Å². The van der Waals surface area contributed by atoms with E-state index < -0.39 is 0 Å². The van der Waals surface area contributed by atoms with Crippen LogP contribution in [0.4, 0.5) is 0 Å². The summed E-state index contributed by atoms with van der Waals surface area (Å²) in [5, 5.41) is 0. The molecule has 0 N–H and O–H groups in total. The molecule has 0 aromatic heterocycles. The van der Waals surface area contributed by atoms with Crippen molar-refractivity contribution in [3.63, 3.8) is 0 Å². The number of ether oxygens (including phenoxy) is 1. The minimum atomic E-state index is -0.206. The SMILES string of the molecule is C#CC(=O)N1[C@@H](CCCC)Cc2ccc(C)cc2[C@@H]1c1ccc(OC23CC4CC(CC(C4)C2)C3)cc1. The first kappa shape index (κ1) is 23.7. The smallest absolute Gasteiger partial charge is 0.299 e. The van der Waals surface area contributed by atoms with Crippen LogP contribution in [0.2, 0.25) is 0 Å². The highest BCUT2D eigenvalue weighted by Crippen LogP contribution is 2.57. The Hall–Kier alpha value is -2.73. The number of terminal acetylenes is 1. The van der Waals surface area contributed by atoms with Crippen molar-refractivity contribution < 1.29 is 9.53 Å². The van der Waals surface area contributed by atoms with Crippen LogP contribution in [-0.2, 0) is 11.2 Å². The first-order valence-corrected chi connectivity index (χ1v) is 14.1. The van der Waals surface area contributed by atoms with Gasteiger partial charge in [0, 0.05) is 6.04 Å². The third-order valence-corrected chi connectivity index (χ3v) is 9.48. The summed E-state index contributed by atoms with van der Waals surface area (Å²) >= 11 is 0. The highest BCUT2D eigenvalue weighted by atomic mass is 16.5. The minimum Gasteiger partial charge on any atom is -0.487 e. The van der Waals surface area contributed by atoms with Gasteiger partial charge in [0.15, 0.2) is 0 Å². The molecule has 5 aliphatic rings. The van der Waals surface area contributed by atoms with Gasteiger partial charge in [-0.3, -0.25) is 4.79 Å². The summed E-state index contributed by atoms with van der Waals surface area (Å²) in [5.74, 6) is 5.80. The van der Waals surface area contributed by atoms with E-state index >= 15 is 0 Å². The van der Waals surface area contributed by atoms with Crippen LogP contribution in [0.1, 0.15) is 93.0 Å². The van der Waals surface area contributed by atoms with Gasteiger partial charge in [0.1, 0.15) is 11.4 Å². The van der Waals surface area contributed by atoms with E-state index in [-0.39, 0.29) is 23.6 Å². The summed E-state index contributed by atoms with van der Waals surface area (Å²) in [5.41, 5.74) is 4.91. The van der Waals surface area contributed by atoms with Gasteiger partial charge in [-0.05, 0) is 111 Å². The predicted molar refractivity (Wildman–Crippen MR) is 144 cm³/mol. The van der Waals surface area contributed by atoms with E-state index in [1.165, 1.54) is 55.2 Å². The van der Waals surface area contributed by atoms with Gasteiger partial charge in [0.05, 0.1) is 6.04 Å². The Kier molecular flexibility index (Phi) is 6.11. The Balaban J connectivity index is 1.32. The molecular formula is C33H39NO2. The van der Waals surface area contributed by atoms with Crippen molar-refractivity contribution in [2.75, 3.05) is 0 Å². The van der Waals surface area contributed by atoms with Gasteiger partial charge in [-0.1, -0.05) is 55.7 Å². The Morgan fingerprint density at radius 3 is 2.33 bits per heavy atom. The van der Waals surface area contributed by atoms with Crippen molar-refractivity contribution in [3.05, 3.63) is 64.7 Å². The largest absolute Gasteiger partial charge is 0.487 e. The summed E-state index contributed by atoms with van der Waals surface area (Å²) in [6, 6.07) is 15.3. The van der Waals surface area contributed by atoms with Crippen molar-refractivity contribution >= 4 is 5.91 Å². The zero-order chi connectivity index (χ0) is 24.9. The van der Waals surface area contributed by atoms with Crippen LogP contribution in [0, 0.1) is 37.0 Å². The molecule has 3 nitrogen and oxygen atoms in total. The van der Waals surface area contributed by atoms with Gasteiger partial charge in [0.25, 0.3) is 5.91 Å². The number of fused-ring (bicyclic) bond motifs is 1. The maximum absolute atomic E-state index is 13.2.